The lowest BCUT2D eigenvalue weighted by atomic mass is 9.96. The Morgan fingerprint density at radius 1 is 1.30 bits per heavy atom. The molecule has 0 N–H and O–H groups in total. The smallest absolute Gasteiger partial charge is 0.150 e. The Kier molecular flexibility index (Phi) is 4.56. The van der Waals surface area contributed by atoms with Crippen LogP contribution in [0.3, 0.4) is 0 Å². The fourth-order valence-corrected chi connectivity index (χ4v) is 2.32. The lowest BCUT2D eigenvalue weighted by Gasteiger charge is -2.06. The van der Waals surface area contributed by atoms with Gasteiger partial charge >= 0.3 is 0 Å². The summed E-state index contributed by atoms with van der Waals surface area (Å²) in [6.07, 6.45) is 9.62. The number of hydrogen-bond donors (Lipinski definition) is 0. The predicted octanol–water partition coefficient (Wildman–Crippen LogP) is 3.68. The zero-order valence-corrected chi connectivity index (χ0v) is 11.5. The minimum atomic E-state index is 0.524. The van der Waals surface area contributed by atoms with E-state index < -0.39 is 0 Å². The van der Waals surface area contributed by atoms with Gasteiger partial charge < -0.3 is 0 Å². The lowest BCUT2D eigenvalue weighted by molar-refractivity contribution is 0.112. The number of rotatable bonds is 3. The molecule has 1 aromatic carbocycles. The highest BCUT2D eigenvalue weighted by Gasteiger charge is 2.07. The van der Waals surface area contributed by atoms with Gasteiger partial charge in [-0.05, 0) is 29.1 Å². The summed E-state index contributed by atoms with van der Waals surface area (Å²) in [6, 6.07) is 7.44. The van der Waals surface area contributed by atoms with E-state index in [1.807, 2.05) is 23.6 Å². The summed E-state index contributed by atoms with van der Waals surface area (Å²) >= 11 is 1.57. The van der Waals surface area contributed by atoms with Crippen molar-refractivity contribution >= 4 is 17.6 Å². The Labute approximate surface area is 123 Å². The monoisotopic (exact) mass is 275 g/mol. The number of carbonyl (C=O) groups excluding carboxylic acids is 1. The zero-order chi connectivity index (χ0) is 14.4. The van der Waals surface area contributed by atoms with Crippen LogP contribution in [-0.4, -0.2) is 6.29 Å². The van der Waals surface area contributed by atoms with Gasteiger partial charge in [-0.3, -0.25) is 4.79 Å². The van der Waals surface area contributed by atoms with Crippen LogP contribution in [-0.2, 0) is 0 Å². The quantitative estimate of drug-likeness (QED) is 0.617. The van der Waals surface area contributed by atoms with E-state index in [9.17, 15) is 4.79 Å². The first-order valence-corrected chi connectivity index (χ1v) is 6.77. The third-order valence-corrected chi connectivity index (χ3v) is 3.42. The minimum Gasteiger partial charge on any atom is -0.298 e. The summed E-state index contributed by atoms with van der Waals surface area (Å²) in [7, 11) is 0. The van der Waals surface area contributed by atoms with E-state index in [1.54, 1.807) is 29.9 Å². The van der Waals surface area contributed by atoms with Gasteiger partial charge in [-0.25, -0.2) is 0 Å². The van der Waals surface area contributed by atoms with Gasteiger partial charge in [0.1, 0.15) is 6.29 Å². The molecular weight excluding hydrogens is 264 g/mol. The topological polar surface area (TPSA) is 17.1 Å². The zero-order valence-electron chi connectivity index (χ0n) is 10.7. The molecule has 2 heteroatoms. The van der Waals surface area contributed by atoms with Crippen molar-refractivity contribution in [3.63, 3.8) is 0 Å². The largest absolute Gasteiger partial charge is 0.298 e. The average molecular weight is 275 g/mol. The maximum Gasteiger partial charge on any atom is 0.150 e. The Bertz CT molecular complexity index is 734. The Balaban J connectivity index is 2.48. The molecule has 2 rings (SSSR count). The van der Waals surface area contributed by atoms with Crippen molar-refractivity contribution in [2.75, 3.05) is 0 Å². The van der Waals surface area contributed by atoms with Crippen LogP contribution in [0, 0.1) is 30.6 Å². The van der Waals surface area contributed by atoms with Gasteiger partial charge in [0.05, 0.1) is 4.88 Å². The number of allylic oxidation sites excluding steroid dienone is 1. The van der Waals surface area contributed by atoms with E-state index in [-0.39, 0.29) is 0 Å². The molecule has 95 valence electrons. The van der Waals surface area contributed by atoms with Crippen molar-refractivity contribution < 1.29 is 4.79 Å². The molecule has 0 aliphatic carbocycles. The van der Waals surface area contributed by atoms with Crippen LogP contribution in [0.2, 0.25) is 0 Å². The predicted molar refractivity (Wildman–Crippen MR) is 83.7 cm³/mol. The first kappa shape index (κ1) is 13.9. The molecule has 2 aromatic rings. The van der Waals surface area contributed by atoms with Crippen LogP contribution in [0.15, 0.2) is 42.3 Å². The fraction of sp³-hybridized carbons (Fsp3) is 0. The van der Waals surface area contributed by atoms with Gasteiger partial charge in [0.15, 0.2) is 0 Å². The van der Waals surface area contributed by atoms with Gasteiger partial charge in [-0.2, -0.15) is 0 Å². The van der Waals surface area contributed by atoms with E-state index in [2.05, 4.69) is 24.3 Å². The highest BCUT2D eigenvalue weighted by Crippen LogP contribution is 2.18. The normalized spacial score (nSPS) is 9.15. The van der Waals surface area contributed by atoms with Crippen LogP contribution >= 0.6 is 11.3 Å². The third-order valence-electron chi connectivity index (χ3n) is 2.63. The summed E-state index contributed by atoms with van der Waals surface area (Å²) in [5.41, 5.74) is 2.61. The van der Waals surface area contributed by atoms with Crippen LogP contribution in [0.1, 0.15) is 31.9 Å². The first-order chi connectivity index (χ1) is 9.78. The molecule has 0 fully saturated rings. The van der Waals surface area contributed by atoms with Crippen molar-refractivity contribution in [3.05, 3.63) is 75.9 Å². The molecule has 1 radical (unpaired) electrons. The van der Waals surface area contributed by atoms with Gasteiger partial charge in [0.2, 0.25) is 0 Å². The van der Waals surface area contributed by atoms with Crippen molar-refractivity contribution in [1.82, 2.24) is 0 Å². The maximum atomic E-state index is 11.2. The molecule has 0 spiro atoms. The van der Waals surface area contributed by atoms with Gasteiger partial charge in [0, 0.05) is 23.1 Å². The highest BCUT2D eigenvalue weighted by molar-refractivity contribution is 7.10. The third kappa shape index (κ3) is 3.06. The minimum absolute atomic E-state index is 0.524. The molecule has 0 aliphatic heterocycles. The number of benzene rings is 1. The summed E-state index contributed by atoms with van der Waals surface area (Å²) in [5, 5.41) is 1.97. The number of thiophene rings is 1. The molecule has 0 aliphatic rings. The van der Waals surface area contributed by atoms with E-state index in [0.29, 0.717) is 16.7 Å². The van der Waals surface area contributed by atoms with Crippen molar-refractivity contribution in [2.45, 2.75) is 0 Å². The van der Waals surface area contributed by atoms with Crippen molar-refractivity contribution in [3.8, 4) is 24.2 Å². The molecule has 1 aromatic heterocycles. The SMILES string of the molecule is C#Cc1cc(C#Cc2cccs2)cc(C=O)c1[CH]C=C. The molecule has 1 heterocycles. The second-order valence-electron chi connectivity index (χ2n) is 3.92. The average Bonchev–Trinajstić information content (AvgIpc) is 2.99. The van der Waals surface area contributed by atoms with E-state index in [1.165, 1.54) is 0 Å². The number of carbonyl (C=O) groups is 1. The van der Waals surface area contributed by atoms with Crippen LogP contribution in [0.5, 0.6) is 0 Å². The highest BCUT2D eigenvalue weighted by atomic mass is 32.1. The van der Waals surface area contributed by atoms with Crippen LogP contribution in [0.4, 0.5) is 0 Å². The van der Waals surface area contributed by atoms with Crippen molar-refractivity contribution in [1.29, 1.82) is 0 Å². The number of hydrogen-bond acceptors (Lipinski definition) is 2. The van der Waals surface area contributed by atoms with Gasteiger partial charge in [0.25, 0.3) is 0 Å². The molecule has 1 nitrogen and oxygen atoms in total. The summed E-state index contributed by atoms with van der Waals surface area (Å²) in [5.74, 6) is 8.67. The molecule has 0 amide bonds. The summed E-state index contributed by atoms with van der Waals surface area (Å²) in [6.45, 7) is 3.63. The fourth-order valence-electron chi connectivity index (χ4n) is 1.75. The molecule has 0 unspecified atom stereocenters. The Morgan fingerprint density at radius 3 is 2.75 bits per heavy atom. The molecular formula is C18H11OS. The maximum absolute atomic E-state index is 11.2. The van der Waals surface area contributed by atoms with Gasteiger partial charge in [-0.1, -0.05) is 29.9 Å². The molecule has 0 bridgehead atoms. The molecule has 0 saturated heterocycles. The second kappa shape index (κ2) is 6.57. The second-order valence-corrected chi connectivity index (χ2v) is 4.87. The number of terminal acetylenes is 1. The Hall–Kier alpha value is -2.55. The Morgan fingerprint density at radius 2 is 2.15 bits per heavy atom. The molecule has 0 saturated carbocycles. The van der Waals surface area contributed by atoms with E-state index in [4.69, 9.17) is 6.42 Å². The summed E-state index contributed by atoms with van der Waals surface area (Å²) < 4.78 is 0. The molecule has 0 atom stereocenters. The first-order valence-electron chi connectivity index (χ1n) is 5.89. The standard InChI is InChI=1S/C18H11OS/c1-3-6-18-15(4-2)11-14(12-16(18)13-19)8-9-17-7-5-10-20-17/h2-3,5-7,10-13H,1H2. The van der Waals surface area contributed by atoms with E-state index >= 15 is 0 Å². The lowest BCUT2D eigenvalue weighted by Crippen LogP contribution is -1.96. The van der Waals surface area contributed by atoms with E-state index in [0.717, 1.165) is 16.7 Å². The number of aldehydes is 1. The van der Waals surface area contributed by atoms with Gasteiger partial charge in [-0.15, -0.1) is 24.3 Å². The van der Waals surface area contributed by atoms with Crippen molar-refractivity contribution in [2.24, 2.45) is 0 Å². The summed E-state index contributed by atoms with van der Waals surface area (Å²) in [4.78, 5) is 12.2. The van der Waals surface area contributed by atoms with Crippen LogP contribution < -0.4 is 0 Å². The van der Waals surface area contributed by atoms with Crippen LogP contribution in [0.25, 0.3) is 0 Å². The molecule has 20 heavy (non-hydrogen) atoms.